The van der Waals surface area contributed by atoms with Gasteiger partial charge in [-0.15, -0.1) is 0 Å². The highest BCUT2D eigenvalue weighted by molar-refractivity contribution is 5.75. The molecule has 2 aromatic rings. The van der Waals surface area contributed by atoms with E-state index in [0.29, 0.717) is 23.4 Å². The Morgan fingerprint density at radius 1 is 1.53 bits per heavy atom. The Labute approximate surface area is 109 Å². The lowest BCUT2D eigenvalue weighted by atomic mass is 10.1. The van der Waals surface area contributed by atoms with Crippen LogP contribution >= 0.6 is 0 Å². The van der Waals surface area contributed by atoms with Gasteiger partial charge in [-0.05, 0) is 25.1 Å². The van der Waals surface area contributed by atoms with Crippen LogP contribution < -0.4 is 5.73 Å². The van der Waals surface area contributed by atoms with Crippen LogP contribution in [-0.2, 0) is 16.1 Å². The first-order chi connectivity index (χ1) is 9.10. The largest absolute Gasteiger partial charge is 0.465 e. The predicted molar refractivity (Wildman–Crippen MR) is 68.7 cm³/mol. The number of esters is 1. The number of hydrogen-bond acceptors (Lipinski definition) is 4. The minimum Gasteiger partial charge on any atom is -0.465 e. The van der Waals surface area contributed by atoms with Gasteiger partial charge < -0.3 is 10.5 Å². The molecule has 0 aliphatic heterocycles. The maximum atomic E-state index is 13.2. The molecule has 0 saturated heterocycles. The number of aromatic nitrogens is 2. The highest BCUT2D eigenvalue weighted by atomic mass is 19.1. The third-order valence-corrected chi connectivity index (χ3v) is 2.56. The van der Waals surface area contributed by atoms with E-state index in [-0.39, 0.29) is 18.3 Å². The van der Waals surface area contributed by atoms with Gasteiger partial charge in [-0.25, -0.2) is 4.39 Å². The zero-order valence-electron chi connectivity index (χ0n) is 10.5. The van der Waals surface area contributed by atoms with Crippen molar-refractivity contribution in [1.29, 1.82) is 0 Å². The maximum absolute atomic E-state index is 13.2. The minimum atomic E-state index is -0.373. The third kappa shape index (κ3) is 3.09. The second-order valence-corrected chi connectivity index (χ2v) is 3.96. The second kappa shape index (κ2) is 5.51. The van der Waals surface area contributed by atoms with Crippen LogP contribution in [0.25, 0.3) is 11.1 Å². The van der Waals surface area contributed by atoms with E-state index in [0.717, 1.165) is 0 Å². The Kier molecular flexibility index (Phi) is 3.79. The molecule has 1 heterocycles. The molecule has 0 spiro atoms. The van der Waals surface area contributed by atoms with Crippen molar-refractivity contribution in [1.82, 2.24) is 9.78 Å². The van der Waals surface area contributed by atoms with Gasteiger partial charge in [0.1, 0.15) is 12.4 Å². The van der Waals surface area contributed by atoms with Crippen molar-refractivity contribution >= 4 is 11.7 Å². The molecule has 6 heteroatoms. The molecule has 0 aliphatic carbocycles. The molecule has 2 rings (SSSR count). The van der Waals surface area contributed by atoms with Gasteiger partial charge in [0.15, 0.2) is 0 Å². The number of nitrogen functional groups attached to an aromatic ring is 1. The van der Waals surface area contributed by atoms with Crippen LogP contribution in [0.2, 0.25) is 0 Å². The molecular weight excluding hydrogens is 249 g/mol. The fraction of sp³-hybridized carbons (Fsp3) is 0.231. The Morgan fingerprint density at radius 2 is 2.32 bits per heavy atom. The van der Waals surface area contributed by atoms with Gasteiger partial charge in [0.25, 0.3) is 0 Å². The number of rotatable bonds is 4. The molecule has 0 fully saturated rings. The first kappa shape index (κ1) is 13.1. The van der Waals surface area contributed by atoms with Gasteiger partial charge in [0.2, 0.25) is 0 Å². The summed E-state index contributed by atoms with van der Waals surface area (Å²) >= 11 is 0. The Balaban J connectivity index is 2.21. The molecule has 0 saturated carbocycles. The molecular formula is C13H14FN3O2. The summed E-state index contributed by atoms with van der Waals surface area (Å²) in [6.45, 7) is 2.08. The highest BCUT2D eigenvalue weighted by Crippen LogP contribution is 2.26. The summed E-state index contributed by atoms with van der Waals surface area (Å²) in [6.07, 6.45) is 3.16. The average molecular weight is 263 g/mol. The Bertz CT molecular complexity index is 595. The lowest BCUT2D eigenvalue weighted by Gasteiger charge is -2.03. The number of ether oxygens (including phenoxy) is 1. The molecule has 0 radical (unpaired) electrons. The third-order valence-electron chi connectivity index (χ3n) is 2.56. The summed E-state index contributed by atoms with van der Waals surface area (Å²) in [5.41, 5.74) is 7.44. The number of anilines is 1. The molecule has 1 aromatic carbocycles. The number of nitrogens with zero attached hydrogens (tertiary/aromatic N) is 2. The zero-order valence-corrected chi connectivity index (χ0v) is 10.5. The predicted octanol–water partition coefficient (Wildman–Crippen LogP) is 1.83. The standard InChI is InChI=1S/C13H14FN3O2/c1-2-19-13(18)8-17-7-9(6-16-17)11-5-10(14)3-4-12(11)15/h3-7H,2,8,15H2,1H3. The van der Waals surface area contributed by atoms with Gasteiger partial charge in [0.05, 0.1) is 12.8 Å². The SMILES string of the molecule is CCOC(=O)Cn1cc(-c2cc(F)ccc2N)cn1. The van der Waals surface area contributed by atoms with Crippen LogP contribution in [0.15, 0.2) is 30.6 Å². The number of benzene rings is 1. The number of hydrogen-bond donors (Lipinski definition) is 1. The van der Waals surface area contributed by atoms with Gasteiger partial charge in [-0.3, -0.25) is 9.48 Å². The van der Waals surface area contributed by atoms with Crippen molar-refractivity contribution in [3.63, 3.8) is 0 Å². The van der Waals surface area contributed by atoms with E-state index >= 15 is 0 Å². The summed E-state index contributed by atoms with van der Waals surface area (Å²) < 4.78 is 19.4. The quantitative estimate of drug-likeness (QED) is 0.675. The molecule has 0 amide bonds. The van der Waals surface area contributed by atoms with Crippen molar-refractivity contribution in [2.24, 2.45) is 0 Å². The molecule has 19 heavy (non-hydrogen) atoms. The summed E-state index contributed by atoms with van der Waals surface area (Å²) in [5.74, 6) is -0.744. The number of nitrogens with two attached hydrogens (primary N) is 1. The normalized spacial score (nSPS) is 10.4. The lowest BCUT2D eigenvalue weighted by Crippen LogP contribution is -2.13. The van der Waals surface area contributed by atoms with E-state index < -0.39 is 0 Å². The summed E-state index contributed by atoms with van der Waals surface area (Å²) in [5, 5.41) is 4.02. The second-order valence-electron chi connectivity index (χ2n) is 3.96. The Morgan fingerprint density at radius 3 is 3.05 bits per heavy atom. The first-order valence-corrected chi connectivity index (χ1v) is 5.83. The van der Waals surface area contributed by atoms with Crippen molar-refractivity contribution in [2.75, 3.05) is 12.3 Å². The summed E-state index contributed by atoms with van der Waals surface area (Å²) in [4.78, 5) is 11.3. The molecule has 0 aliphatic rings. The van der Waals surface area contributed by atoms with Gasteiger partial charge in [-0.1, -0.05) is 0 Å². The van der Waals surface area contributed by atoms with Crippen LogP contribution in [0, 0.1) is 5.82 Å². The molecule has 5 nitrogen and oxygen atoms in total. The first-order valence-electron chi connectivity index (χ1n) is 5.83. The molecule has 1 aromatic heterocycles. The van der Waals surface area contributed by atoms with E-state index in [1.807, 2.05) is 0 Å². The van der Waals surface area contributed by atoms with Crippen LogP contribution in [0.5, 0.6) is 0 Å². The molecule has 2 N–H and O–H groups in total. The van der Waals surface area contributed by atoms with Crippen molar-refractivity contribution < 1.29 is 13.9 Å². The molecule has 0 bridgehead atoms. The van der Waals surface area contributed by atoms with Crippen LogP contribution in [0.4, 0.5) is 10.1 Å². The van der Waals surface area contributed by atoms with E-state index in [1.165, 1.54) is 29.1 Å². The maximum Gasteiger partial charge on any atom is 0.327 e. The highest BCUT2D eigenvalue weighted by Gasteiger charge is 2.09. The van der Waals surface area contributed by atoms with Crippen molar-refractivity contribution in [3.8, 4) is 11.1 Å². The van der Waals surface area contributed by atoms with E-state index in [4.69, 9.17) is 10.5 Å². The van der Waals surface area contributed by atoms with Crippen LogP contribution in [0.1, 0.15) is 6.92 Å². The fourth-order valence-corrected chi connectivity index (χ4v) is 1.71. The summed E-state index contributed by atoms with van der Waals surface area (Å²) in [6, 6.07) is 4.12. The fourth-order valence-electron chi connectivity index (χ4n) is 1.71. The van der Waals surface area contributed by atoms with Gasteiger partial charge >= 0.3 is 5.97 Å². The van der Waals surface area contributed by atoms with E-state index in [2.05, 4.69) is 5.10 Å². The van der Waals surface area contributed by atoms with Crippen LogP contribution in [0.3, 0.4) is 0 Å². The van der Waals surface area contributed by atoms with E-state index in [1.54, 1.807) is 13.1 Å². The number of carbonyl (C=O) groups excluding carboxylic acids is 1. The van der Waals surface area contributed by atoms with E-state index in [9.17, 15) is 9.18 Å². The monoisotopic (exact) mass is 263 g/mol. The Hall–Kier alpha value is -2.37. The molecule has 100 valence electrons. The summed E-state index contributed by atoms with van der Waals surface area (Å²) in [7, 11) is 0. The van der Waals surface area contributed by atoms with Crippen LogP contribution in [-0.4, -0.2) is 22.4 Å². The number of halogens is 1. The molecule has 0 unspecified atom stereocenters. The van der Waals surface area contributed by atoms with Gasteiger partial charge in [-0.2, -0.15) is 5.10 Å². The zero-order chi connectivity index (χ0) is 13.8. The van der Waals surface area contributed by atoms with Crippen molar-refractivity contribution in [3.05, 3.63) is 36.4 Å². The minimum absolute atomic E-state index is 0.0169. The van der Waals surface area contributed by atoms with Gasteiger partial charge in [0, 0.05) is 23.0 Å². The topological polar surface area (TPSA) is 70.1 Å². The average Bonchev–Trinajstić information content (AvgIpc) is 2.81. The number of carbonyl (C=O) groups is 1. The molecule has 0 atom stereocenters. The van der Waals surface area contributed by atoms with Crippen molar-refractivity contribution in [2.45, 2.75) is 13.5 Å². The lowest BCUT2D eigenvalue weighted by molar-refractivity contribution is -0.144. The smallest absolute Gasteiger partial charge is 0.327 e.